The fourth-order valence-corrected chi connectivity index (χ4v) is 5.02. The molecule has 5 aromatic rings. The van der Waals surface area contributed by atoms with Crippen molar-refractivity contribution in [2.45, 2.75) is 31.6 Å². The number of nitrogens with zero attached hydrogens (tertiary/aromatic N) is 2. The highest BCUT2D eigenvalue weighted by molar-refractivity contribution is 5.88. The highest BCUT2D eigenvalue weighted by atomic mass is 19.4. The second kappa shape index (κ2) is 11.7. The summed E-state index contributed by atoms with van der Waals surface area (Å²) in [6.07, 6.45) is -2.55. The van der Waals surface area contributed by atoms with Gasteiger partial charge in [-0.2, -0.15) is 13.2 Å². The Morgan fingerprint density at radius 1 is 0.878 bits per heavy atom. The maximum absolute atomic E-state index is 13.2. The molecular weight excluding hydrogens is 531 g/mol. The van der Waals surface area contributed by atoms with Gasteiger partial charge in [-0.05, 0) is 40.5 Å². The lowest BCUT2D eigenvalue weighted by Crippen LogP contribution is -2.25. The number of hydrogen-bond donors (Lipinski definition) is 1. The number of amides is 1. The van der Waals surface area contributed by atoms with Crippen molar-refractivity contribution in [3.63, 3.8) is 0 Å². The first-order chi connectivity index (χ1) is 19.7. The number of hydrogen-bond acceptors (Lipinski definition) is 3. The molecule has 4 aromatic carbocycles. The zero-order valence-electron chi connectivity index (χ0n) is 21.8. The SMILES string of the molecule is O=C(CC(c1ccccc1)c1cn(Cc2ccccc2)c2ccc([N+](=O)[O-])cc12)NCc1cccc(C(F)(F)F)c1. The zero-order chi connectivity index (χ0) is 29.0. The lowest BCUT2D eigenvalue weighted by Gasteiger charge is -2.17. The Labute approximate surface area is 234 Å². The topological polar surface area (TPSA) is 77.2 Å². The third-order valence-electron chi connectivity index (χ3n) is 7.01. The minimum atomic E-state index is -4.48. The van der Waals surface area contributed by atoms with E-state index in [1.165, 1.54) is 24.3 Å². The van der Waals surface area contributed by atoms with Gasteiger partial charge in [0.15, 0.2) is 0 Å². The molecule has 0 fully saturated rings. The summed E-state index contributed by atoms with van der Waals surface area (Å²) in [5, 5.41) is 15.1. The van der Waals surface area contributed by atoms with Gasteiger partial charge in [0.05, 0.1) is 10.5 Å². The standard InChI is InChI=1S/C32H26F3N3O3/c33-32(34,35)25-13-7-10-23(16-25)19-36-31(39)18-27(24-11-5-2-6-12-24)29-21-37(20-22-8-3-1-4-9-22)30-15-14-26(38(40)41)17-28(29)30/h1-17,21,27H,18-20H2,(H,36,39). The molecule has 1 atom stereocenters. The normalized spacial score (nSPS) is 12.3. The van der Waals surface area contributed by atoms with Crippen LogP contribution < -0.4 is 5.32 Å². The van der Waals surface area contributed by atoms with Crippen LogP contribution in [0.3, 0.4) is 0 Å². The Morgan fingerprint density at radius 3 is 2.24 bits per heavy atom. The molecule has 208 valence electrons. The second-order valence-electron chi connectivity index (χ2n) is 9.80. The second-order valence-corrected chi connectivity index (χ2v) is 9.80. The van der Waals surface area contributed by atoms with Gasteiger partial charge in [0.2, 0.25) is 5.91 Å². The fourth-order valence-electron chi connectivity index (χ4n) is 5.02. The summed E-state index contributed by atoms with van der Waals surface area (Å²) in [7, 11) is 0. The van der Waals surface area contributed by atoms with Crippen molar-refractivity contribution in [1.29, 1.82) is 0 Å². The van der Waals surface area contributed by atoms with Gasteiger partial charge in [0.1, 0.15) is 0 Å². The molecule has 5 rings (SSSR count). The molecule has 0 aliphatic heterocycles. The van der Waals surface area contributed by atoms with E-state index in [4.69, 9.17) is 0 Å². The Bertz CT molecular complexity index is 1680. The van der Waals surface area contributed by atoms with Crippen molar-refractivity contribution in [2.75, 3.05) is 0 Å². The number of halogens is 3. The predicted molar refractivity (Wildman–Crippen MR) is 150 cm³/mol. The first-order valence-corrected chi connectivity index (χ1v) is 13.0. The maximum atomic E-state index is 13.2. The molecule has 0 aliphatic rings. The number of nitrogens with one attached hydrogen (secondary N) is 1. The molecule has 41 heavy (non-hydrogen) atoms. The van der Waals surface area contributed by atoms with Crippen LogP contribution in [-0.4, -0.2) is 15.4 Å². The molecule has 0 aliphatic carbocycles. The number of non-ortho nitro benzene ring substituents is 1. The summed E-state index contributed by atoms with van der Waals surface area (Å²) in [6, 6.07) is 28.7. The summed E-state index contributed by atoms with van der Waals surface area (Å²) in [6.45, 7) is 0.462. The Morgan fingerprint density at radius 2 is 1.56 bits per heavy atom. The van der Waals surface area contributed by atoms with Crippen LogP contribution >= 0.6 is 0 Å². The molecule has 1 aromatic heterocycles. The first-order valence-electron chi connectivity index (χ1n) is 13.0. The molecule has 0 saturated carbocycles. The van der Waals surface area contributed by atoms with Gasteiger partial charge in [-0.3, -0.25) is 14.9 Å². The largest absolute Gasteiger partial charge is 0.416 e. The highest BCUT2D eigenvalue weighted by Crippen LogP contribution is 2.37. The van der Waals surface area contributed by atoms with E-state index in [9.17, 15) is 28.1 Å². The van der Waals surface area contributed by atoms with Gasteiger partial charge in [-0.1, -0.05) is 72.8 Å². The van der Waals surface area contributed by atoms with Crippen LogP contribution in [0.25, 0.3) is 10.9 Å². The van der Waals surface area contributed by atoms with E-state index in [2.05, 4.69) is 5.32 Å². The first kappa shape index (κ1) is 27.6. The third kappa shape index (κ3) is 6.46. The fraction of sp³-hybridized carbons (Fsp3) is 0.156. The third-order valence-corrected chi connectivity index (χ3v) is 7.01. The van der Waals surface area contributed by atoms with Crippen molar-refractivity contribution in [2.24, 2.45) is 0 Å². The number of nitro benzene ring substituents is 1. The van der Waals surface area contributed by atoms with E-state index in [0.717, 1.165) is 34.3 Å². The van der Waals surface area contributed by atoms with Crippen molar-refractivity contribution in [3.05, 3.63) is 147 Å². The molecule has 9 heteroatoms. The van der Waals surface area contributed by atoms with Crippen LogP contribution in [0.4, 0.5) is 18.9 Å². The van der Waals surface area contributed by atoms with Crippen molar-refractivity contribution in [1.82, 2.24) is 9.88 Å². The monoisotopic (exact) mass is 557 g/mol. The van der Waals surface area contributed by atoms with Gasteiger partial charge < -0.3 is 9.88 Å². The highest BCUT2D eigenvalue weighted by Gasteiger charge is 2.30. The summed E-state index contributed by atoms with van der Waals surface area (Å²) in [4.78, 5) is 24.4. The van der Waals surface area contributed by atoms with E-state index < -0.39 is 22.6 Å². The van der Waals surface area contributed by atoms with Crippen molar-refractivity contribution < 1.29 is 22.9 Å². The van der Waals surface area contributed by atoms with E-state index >= 15 is 0 Å². The van der Waals surface area contributed by atoms with Crippen molar-refractivity contribution >= 4 is 22.5 Å². The number of rotatable bonds is 9. The lowest BCUT2D eigenvalue weighted by molar-refractivity contribution is -0.384. The maximum Gasteiger partial charge on any atom is 0.416 e. The number of carbonyl (C=O) groups excluding carboxylic acids is 1. The molecule has 1 unspecified atom stereocenters. The number of carbonyl (C=O) groups is 1. The van der Waals surface area contributed by atoms with Crippen LogP contribution in [0.2, 0.25) is 0 Å². The smallest absolute Gasteiger partial charge is 0.352 e. The molecule has 6 nitrogen and oxygen atoms in total. The van der Waals surface area contributed by atoms with Crippen LogP contribution in [-0.2, 0) is 24.1 Å². The summed E-state index contributed by atoms with van der Waals surface area (Å²) < 4.78 is 41.4. The summed E-state index contributed by atoms with van der Waals surface area (Å²) in [5.41, 5.74) is 2.92. The quantitative estimate of drug-likeness (QED) is 0.151. The molecular formula is C32H26F3N3O3. The number of alkyl halides is 3. The average Bonchev–Trinajstić information content (AvgIpc) is 3.32. The molecule has 0 spiro atoms. The Balaban J connectivity index is 1.49. The minimum absolute atomic E-state index is 0.00385. The average molecular weight is 558 g/mol. The van der Waals surface area contributed by atoms with Crippen LogP contribution in [0.1, 0.15) is 40.2 Å². The number of nitro groups is 1. The number of fused-ring (bicyclic) bond motifs is 1. The molecule has 1 N–H and O–H groups in total. The Hall–Kier alpha value is -4.92. The van der Waals surface area contributed by atoms with E-state index in [1.807, 2.05) is 71.4 Å². The summed E-state index contributed by atoms with van der Waals surface area (Å²) in [5.74, 6) is -0.815. The van der Waals surface area contributed by atoms with Crippen LogP contribution in [0, 0.1) is 10.1 Å². The zero-order valence-corrected chi connectivity index (χ0v) is 21.8. The lowest BCUT2D eigenvalue weighted by atomic mass is 9.88. The predicted octanol–water partition coefficient (Wildman–Crippen LogP) is 7.46. The van der Waals surface area contributed by atoms with Crippen molar-refractivity contribution in [3.8, 4) is 0 Å². The van der Waals surface area contributed by atoms with E-state index in [1.54, 1.807) is 6.07 Å². The van der Waals surface area contributed by atoms with Gasteiger partial charge in [0, 0.05) is 54.7 Å². The van der Waals surface area contributed by atoms with Crippen LogP contribution in [0.15, 0.2) is 109 Å². The van der Waals surface area contributed by atoms with Gasteiger partial charge in [-0.15, -0.1) is 0 Å². The van der Waals surface area contributed by atoms with Gasteiger partial charge in [-0.25, -0.2) is 0 Å². The molecule has 0 radical (unpaired) electrons. The number of aromatic nitrogens is 1. The molecule has 1 heterocycles. The van der Waals surface area contributed by atoms with E-state index in [0.29, 0.717) is 17.5 Å². The minimum Gasteiger partial charge on any atom is -0.352 e. The summed E-state index contributed by atoms with van der Waals surface area (Å²) >= 11 is 0. The Kier molecular flexibility index (Phi) is 7.87. The molecule has 0 bridgehead atoms. The van der Waals surface area contributed by atoms with Crippen LogP contribution in [0.5, 0.6) is 0 Å². The molecule has 0 saturated heterocycles. The molecule has 1 amide bonds. The van der Waals surface area contributed by atoms with Gasteiger partial charge in [0.25, 0.3) is 5.69 Å². The number of benzene rings is 4. The van der Waals surface area contributed by atoms with E-state index in [-0.39, 0.29) is 24.6 Å². The van der Waals surface area contributed by atoms with Gasteiger partial charge >= 0.3 is 6.18 Å².